The van der Waals surface area contributed by atoms with E-state index in [0.717, 1.165) is 29.0 Å². The van der Waals surface area contributed by atoms with Crippen molar-refractivity contribution in [1.29, 1.82) is 0 Å². The number of hydrogen-bond acceptors (Lipinski definition) is 3. The van der Waals surface area contributed by atoms with E-state index in [1.54, 1.807) is 24.0 Å². The van der Waals surface area contributed by atoms with Crippen molar-refractivity contribution < 1.29 is 14.4 Å². The lowest BCUT2D eigenvalue weighted by Gasteiger charge is -2.30. The summed E-state index contributed by atoms with van der Waals surface area (Å²) < 4.78 is 0. The third kappa shape index (κ3) is 3.36. The zero-order valence-electron chi connectivity index (χ0n) is 15.7. The molecular weight excluding hydrogens is 413 g/mol. The fourth-order valence-electron chi connectivity index (χ4n) is 3.93. The smallest absolute Gasteiger partial charge is 0.319 e. The van der Waals surface area contributed by atoms with E-state index in [9.17, 15) is 14.4 Å². The van der Waals surface area contributed by atoms with Crippen LogP contribution in [0.5, 0.6) is 0 Å². The summed E-state index contributed by atoms with van der Waals surface area (Å²) in [5.74, 6) is -0.822. The first-order valence-corrected chi connectivity index (χ1v) is 10.0. The first-order valence-electron chi connectivity index (χ1n) is 9.29. The topological polar surface area (TPSA) is 69.7 Å². The van der Waals surface area contributed by atoms with Gasteiger partial charge in [-0.1, -0.05) is 47.5 Å². The largest absolute Gasteiger partial charge is 0.325 e. The maximum Gasteiger partial charge on any atom is 0.325 e. The molecule has 2 aliphatic heterocycles. The number of aryl methyl sites for hydroxylation is 1. The van der Waals surface area contributed by atoms with Crippen molar-refractivity contribution in [2.45, 2.75) is 25.3 Å². The van der Waals surface area contributed by atoms with Gasteiger partial charge in [0.05, 0.1) is 0 Å². The van der Waals surface area contributed by atoms with Gasteiger partial charge in [-0.15, -0.1) is 0 Å². The molecule has 29 heavy (non-hydrogen) atoms. The number of nitrogens with one attached hydrogen (secondary N) is 1. The lowest BCUT2D eigenvalue weighted by molar-refractivity contribution is -0.134. The SMILES string of the molecule is C[C@]1(c2ccc(Cl)cc2Cl)NC(=O)N(CC(=O)N2CCCc3ccccc32)C1=O. The Morgan fingerprint density at radius 2 is 1.93 bits per heavy atom. The van der Waals surface area contributed by atoms with E-state index in [1.165, 1.54) is 6.07 Å². The summed E-state index contributed by atoms with van der Waals surface area (Å²) in [6, 6.07) is 11.8. The van der Waals surface area contributed by atoms with Crippen LogP contribution in [0, 0.1) is 0 Å². The molecule has 0 saturated carbocycles. The number of rotatable bonds is 3. The van der Waals surface area contributed by atoms with Crippen LogP contribution in [0.3, 0.4) is 0 Å². The van der Waals surface area contributed by atoms with Gasteiger partial charge in [0, 0.05) is 27.8 Å². The van der Waals surface area contributed by atoms with Crippen molar-refractivity contribution in [3.05, 3.63) is 63.6 Å². The van der Waals surface area contributed by atoms with Gasteiger partial charge in [-0.05, 0) is 43.5 Å². The Labute approximate surface area is 178 Å². The van der Waals surface area contributed by atoms with Crippen LogP contribution in [-0.2, 0) is 21.5 Å². The van der Waals surface area contributed by atoms with Crippen LogP contribution in [-0.4, -0.2) is 35.8 Å². The summed E-state index contributed by atoms with van der Waals surface area (Å²) in [7, 11) is 0. The number of imide groups is 1. The number of carbonyl (C=O) groups excluding carboxylic acids is 3. The van der Waals surface area contributed by atoms with Crippen LogP contribution in [0.25, 0.3) is 0 Å². The second-order valence-electron chi connectivity index (χ2n) is 7.35. The number of hydrogen-bond donors (Lipinski definition) is 1. The number of carbonyl (C=O) groups is 3. The van der Waals surface area contributed by atoms with Crippen molar-refractivity contribution in [2.24, 2.45) is 0 Å². The van der Waals surface area contributed by atoms with Crippen LogP contribution >= 0.6 is 23.2 Å². The Hall–Kier alpha value is -2.57. The van der Waals surface area contributed by atoms with Gasteiger partial charge in [-0.2, -0.15) is 0 Å². The maximum absolute atomic E-state index is 13.1. The van der Waals surface area contributed by atoms with Gasteiger partial charge >= 0.3 is 6.03 Å². The lowest BCUT2D eigenvalue weighted by atomic mass is 9.92. The summed E-state index contributed by atoms with van der Waals surface area (Å²) in [6.45, 7) is 1.79. The summed E-state index contributed by atoms with van der Waals surface area (Å²) in [4.78, 5) is 41.3. The number of benzene rings is 2. The molecule has 1 atom stereocenters. The van der Waals surface area contributed by atoms with E-state index in [0.29, 0.717) is 17.1 Å². The number of nitrogens with zero attached hydrogens (tertiary/aromatic N) is 2. The number of amides is 4. The first kappa shape index (κ1) is 19.7. The molecule has 2 aromatic rings. The molecular formula is C21H19Cl2N3O3. The number of anilines is 1. The molecule has 150 valence electrons. The molecule has 4 rings (SSSR count). The van der Waals surface area contributed by atoms with Crippen molar-refractivity contribution in [3.8, 4) is 0 Å². The van der Waals surface area contributed by atoms with Crippen molar-refractivity contribution in [1.82, 2.24) is 10.2 Å². The molecule has 2 aliphatic rings. The Morgan fingerprint density at radius 3 is 2.69 bits per heavy atom. The number of para-hydroxylation sites is 1. The maximum atomic E-state index is 13.1. The normalized spacial score (nSPS) is 21.2. The van der Waals surface area contributed by atoms with Crippen LogP contribution in [0.15, 0.2) is 42.5 Å². The molecule has 0 unspecified atom stereocenters. The van der Waals surface area contributed by atoms with Gasteiger partial charge in [0.25, 0.3) is 5.91 Å². The lowest BCUT2D eigenvalue weighted by Crippen LogP contribution is -2.46. The van der Waals surface area contributed by atoms with Crippen LogP contribution in [0.4, 0.5) is 10.5 Å². The fraction of sp³-hybridized carbons (Fsp3) is 0.286. The molecule has 0 radical (unpaired) electrons. The molecule has 0 bridgehead atoms. The molecule has 1 fully saturated rings. The highest BCUT2D eigenvalue weighted by atomic mass is 35.5. The predicted molar refractivity (Wildman–Crippen MR) is 111 cm³/mol. The summed E-state index contributed by atoms with van der Waals surface area (Å²) >= 11 is 12.2. The number of urea groups is 1. The van der Waals surface area contributed by atoms with E-state index >= 15 is 0 Å². The van der Waals surface area contributed by atoms with Gasteiger partial charge in [0.15, 0.2) is 0 Å². The fourth-order valence-corrected chi connectivity index (χ4v) is 4.53. The van der Waals surface area contributed by atoms with E-state index in [4.69, 9.17) is 23.2 Å². The summed E-state index contributed by atoms with van der Waals surface area (Å²) in [5.41, 5.74) is 0.986. The first-order chi connectivity index (χ1) is 13.8. The third-order valence-electron chi connectivity index (χ3n) is 5.45. The molecule has 0 aromatic heterocycles. The molecule has 2 heterocycles. The molecule has 0 spiro atoms. The average molecular weight is 432 g/mol. The van der Waals surface area contributed by atoms with Gasteiger partial charge in [-0.25, -0.2) is 4.79 Å². The second kappa shape index (κ2) is 7.35. The minimum Gasteiger partial charge on any atom is -0.319 e. The molecule has 6 nitrogen and oxygen atoms in total. The predicted octanol–water partition coefficient (Wildman–Crippen LogP) is 3.74. The minimum atomic E-state index is -1.36. The van der Waals surface area contributed by atoms with Crippen LogP contribution < -0.4 is 10.2 Å². The van der Waals surface area contributed by atoms with E-state index in [-0.39, 0.29) is 17.5 Å². The van der Waals surface area contributed by atoms with E-state index in [2.05, 4.69) is 5.32 Å². The highest BCUT2D eigenvalue weighted by molar-refractivity contribution is 6.35. The minimum absolute atomic E-state index is 0.270. The Kier molecular flexibility index (Phi) is 5.00. The molecule has 4 amide bonds. The van der Waals surface area contributed by atoms with Crippen LogP contribution in [0.2, 0.25) is 10.0 Å². The molecule has 1 saturated heterocycles. The standard InChI is InChI=1S/C21H19Cl2N3O3/c1-21(15-9-8-14(22)11-16(15)23)19(28)26(20(29)24-21)12-18(27)25-10-4-6-13-5-2-3-7-17(13)25/h2-3,5,7-9,11H,4,6,10,12H2,1H3,(H,24,29)/t21-/m1/s1. The van der Waals surface area contributed by atoms with Crippen molar-refractivity contribution in [2.75, 3.05) is 18.0 Å². The molecule has 0 aliphatic carbocycles. The highest BCUT2D eigenvalue weighted by Gasteiger charge is 2.50. The average Bonchev–Trinajstić information content (AvgIpc) is 2.91. The number of fused-ring (bicyclic) bond motifs is 1. The zero-order valence-corrected chi connectivity index (χ0v) is 17.3. The van der Waals surface area contributed by atoms with Gasteiger partial charge in [0.2, 0.25) is 5.91 Å². The Morgan fingerprint density at radius 1 is 1.17 bits per heavy atom. The summed E-state index contributed by atoms with van der Waals surface area (Å²) in [6.07, 6.45) is 1.73. The van der Waals surface area contributed by atoms with Gasteiger partial charge < -0.3 is 10.2 Å². The monoisotopic (exact) mass is 431 g/mol. The second-order valence-corrected chi connectivity index (χ2v) is 8.19. The van der Waals surface area contributed by atoms with Crippen LogP contribution in [0.1, 0.15) is 24.5 Å². The third-order valence-corrected chi connectivity index (χ3v) is 6.00. The molecule has 1 N–H and O–H groups in total. The Balaban J connectivity index is 1.58. The van der Waals surface area contributed by atoms with Crippen molar-refractivity contribution >= 4 is 46.7 Å². The van der Waals surface area contributed by atoms with Gasteiger partial charge in [0.1, 0.15) is 12.1 Å². The summed E-state index contributed by atoms with van der Waals surface area (Å²) in [5, 5.41) is 3.37. The van der Waals surface area contributed by atoms with E-state index < -0.39 is 17.5 Å². The highest BCUT2D eigenvalue weighted by Crippen LogP contribution is 2.35. The van der Waals surface area contributed by atoms with Gasteiger partial charge in [-0.3, -0.25) is 14.5 Å². The van der Waals surface area contributed by atoms with Crippen molar-refractivity contribution in [3.63, 3.8) is 0 Å². The van der Waals surface area contributed by atoms with E-state index in [1.807, 2.05) is 24.3 Å². The quantitative estimate of drug-likeness (QED) is 0.752. The molecule has 2 aromatic carbocycles. The Bertz CT molecular complexity index is 1030. The zero-order chi connectivity index (χ0) is 20.8. The number of halogens is 2. The molecule has 8 heteroatoms.